The van der Waals surface area contributed by atoms with Crippen LogP contribution in [0.25, 0.3) is 0 Å². The van der Waals surface area contributed by atoms with Gasteiger partial charge in [-0.15, -0.1) is 0 Å². The fraction of sp³-hybridized carbons (Fsp3) is 0.750. The summed E-state index contributed by atoms with van der Waals surface area (Å²) < 4.78 is 0. The van der Waals surface area contributed by atoms with E-state index in [4.69, 9.17) is 5.73 Å². The van der Waals surface area contributed by atoms with E-state index in [0.717, 1.165) is 25.7 Å². The van der Waals surface area contributed by atoms with Gasteiger partial charge in [-0.1, -0.05) is 0 Å². The van der Waals surface area contributed by atoms with Gasteiger partial charge in [-0.2, -0.15) is 0 Å². The van der Waals surface area contributed by atoms with Crippen LogP contribution in [0.2, 0.25) is 0 Å². The summed E-state index contributed by atoms with van der Waals surface area (Å²) in [5.41, 5.74) is 4.95. The molecular formula is C8H13N2O. The first-order valence-corrected chi connectivity index (χ1v) is 4.12. The number of amides is 1. The Labute approximate surface area is 66.3 Å². The van der Waals surface area contributed by atoms with Crippen molar-refractivity contribution in [2.75, 3.05) is 0 Å². The van der Waals surface area contributed by atoms with Gasteiger partial charge >= 0.3 is 0 Å². The molecular weight excluding hydrogens is 140 g/mol. The van der Waals surface area contributed by atoms with E-state index < -0.39 is 0 Å². The SMILES string of the molecule is NC(=O)[C@]12C[CH]C[C@H](CC1)N2. The Morgan fingerprint density at radius 3 is 3.18 bits per heavy atom. The molecule has 2 rings (SSSR count). The Balaban J connectivity index is 2.19. The first-order chi connectivity index (χ1) is 5.23. The van der Waals surface area contributed by atoms with Gasteiger partial charge < -0.3 is 11.1 Å². The van der Waals surface area contributed by atoms with Gasteiger partial charge in [-0.25, -0.2) is 0 Å². The molecule has 2 saturated heterocycles. The number of fused-ring (bicyclic) bond motifs is 2. The maximum atomic E-state index is 11.1. The van der Waals surface area contributed by atoms with Gasteiger partial charge in [0, 0.05) is 6.04 Å². The number of nitrogens with one attached hydrogen (secondary N) is 1. The summed E-state index contributed by atoms with van der Waals surface area (Å²) in [5.74, 6) is -0.184. The molecule has 1 radical (unpaired) electrons. The predicted molar refractivity (Wildman–Crippen MR) is 41.6 cm³/mol. The maximum Gasteiger partial charge on any atom is 0.237 e. The quantitative estimate of drug-likeness (QED) is 0.555. The number of nitrogens with two attached hydrogens (primary N) is 1. The van der Waals surface area contributed by atoms with Gasteiger partial charge in [0.1, 0.15) is 0 Å². The van der Waals surface area contributed by atoms with Crippen LogP contribution in [0.3, 0.4) is 0 Å². The summed E-state index contributed by atoms with van der Waals surface area (Å²) in [6.07, 6.45) is 6.11. The van der Waals surface area contributed by atoms with E-state index in [9.17, 15) is 4.79 Å². The number of carbonyl (C=O) groups excluding carboxylic acids is 1. The zero-order valence-corrected chi connectivity index (χ0v) is 6.47. The van der Waals surface area contributed by atoms with Crippen molar-refractivity contribution >= 4 is 5.91 Å². The van der Waals surface area contributed by atoms with E-state index in [-0.39, 0.29) is 11.4 Å². The minimum atomic E-state index is -0.372. The molecule has 2 atom stereocenters. The van der Waals surface area contributed by atoms with E-state index in [1.165, 1.54) is 0 Å². The van der Waals surface area contributed by atoms with Crippen molar-refractivity contribution < 1.29 is 4.79 Å². The summed E-state index contributed by atoms with van der Waals surface area (Å²) in [6.45, 7) is 0. The summed E-state index contributed by atoms with van der Waals surface area (Å²) in [7, 11) is 0. The summed E-state index contributed by atoms with van der Waals surface area (Å²) in [5, 5.41) is 3.30. The van der Waals surface area contributed by atoms with Crippen molar-refractivity contribution in [1.82, 2.24) is 5.32 Å². The van der Waals surface area contributed by atoms with Crippen LogP contribution >= 0.6 is 0 Å². The number of rotatable bonds is 1. The Morgan fingerprint density at radius 1 is 1.73 bits per heavy atom. The fourth-order valence-corrected chi connectivity index (χ4v) is 2.12. The van der Waals surface area contributed by atoms with E-state index in [1.807, 2.05) is 0 Å². The first kappa shape index (κ1) is 7.10. The van der Waals surface area contributed by atoms with Crippen molar-refractivity contribution in [3.8, 4) is 0 Å². The lowest BCUT2D eigenvalue weighted by Crippen LogP contribution is -2.55. The number of hydrogen-bond donors (Lipinski definition) is 2. The summed E-state index contributed by atoms with van der Waals surface area (Å²) >= 11 is 0. The average Bonchev–Trinajstić information content (AvgIpc) is 2.29. The molecule has 0 spiro atoms. The molecule has 61 valence electrons. The zero-order valence-electron chi connectivity index (χ0n) is 6.47. The van der Waals surface area contributed by atoms with Crippen molar-refractivity contribution in [1.29, 1.82) is 0 Å². The van der Waals surface area contributed by atoms with Crippen molar-refractivity contribution in [3.05, 3.63) is 6.42 Å². The molecule has 2 aliphatic heterocycles. The zero-order chi connectivity index (χ0) is 7.90. The Hall–Kier alpha value is -0.570. The molecule has 3 nitrogen and oxygen atoms in total. The lowest BCUT2D eigenvalue weighted by atomic mass is 9.90. The highest BCUT2D eigenvalue weighted by Gasteiger charge is 2.45. The van der Waals surface area contributed by atoms with Crippen molar-refractivity contribution in [2.24, 2.45) is 5.73 Å². The number of carbonyl (C=O) groups is 1. The second kappa shape index (κ2) is 2.21. The molecule has 11 heavy (non-hydrogen) atoms. The Kier molecular flexibility index (Phi) is 1.42. The van der Waals surface area contributed by atoms with E-state index in [1.54, 1.807) is 0 Å². The van der Waals surface area contributed by atoms with Gasteiger partial charge in [0.15, 0.2) is 0 Å². The van der Waals surface area contributed by atoms with Gasteiger partial charge in [-0.3, -0.25) is 4.79 Å². The van der Waals surface area contributed by atoms with Gasteiger partial charge in [0.2, 0.25) is 5.91 Å². The number of primary amides is 1. The van der Waals surface area contributed by atoms with Crippen LogP contribution in [0, 0.1) is 6.42 Å². The van der Waals surface area contributed by atoms with Crippen LogP contribution in [0.4, 0.5) is 0 Å². The fourth-order valence-electron chi connectivity index (χ4n) is 2.12. The van der Waals surface area contributed by atoms with E-state index in [0.29, 0.717) is 6.04 Å². The molecule has 0 aromatic carbocycles. The topological polar surface area (TPSA) is 55.1 Å². The highest BCUT2D eigenvalue weighted by atomic mass is 16.1. The predicted octanol–water partition coefficient (Wildman–Crippen LogP) is -0.0394. The van der Waals surface area contributed by atoms with Crippen LogP contribution in [-0.2, 0) is 4.79 Å². The second-order valence-corrected chi connectivity index (χ2v) is 3.55. The Bertz CT molecular complexity index is 189. The molecule has 0 aromatic heterocycles. The average molecular weight is 153 g/mol. The van der Waals surface area contributed by atoms with Crippen molar-refractivity contribution in [2.45, 2.75) is 37.3 Å². The third-order valence-electron chi connectivity index (χ3n) is 2.82. The summed E-state index contributed by atoms with van der Waals surface area (Å²) in [6, 6.07) is 0.510. The van der Waals surface area contributed by atoms with Gasteiger partial charge in [-0.05, 0) is 32.1 Å². The van der Waals surface area contributed by atoms with Crippen molar-refractivity contribution in [3.63, 3.8) is 0 Å². The van der Waals surface area contributed by atoms with Crippen LogP contribution in [-0.4, -0.2) is 17.5 Å². The Morgan fingerprint density at radius 2 is 2.55 bits per heavy atom. The van der Waals surface area contributed by atoms with Crippen LogP contribution < -0.4 is 11.1 Å². The van der Waals surface area contributed by atoms with Gasteiger partial charge in [0.25, 0.3) is 0 Å². The largest absolute Gasteiger partial charge is 0.368 e. The second-order valence-electron chi connectivity index (χ2n) is 3.55. The minimum Gasteiger partial charge on any atom is -0.368 e. The summed E-state index contributed by atoms with van der Waals surface area (Å²) in [4.78, 5) is 11.1. The molecule has 0 unspecified atom stereocenters. The molecule has 3 N–H and O–H groups in total. The molecule has 3 heteroatoms. The number of piperidine rings is 1. The first-order valence-electron chi connectivity index (χ1n) is 4.12. The highest BCUT2D eigenvalue weighted by Crippen LogP contribution is 2.34. The molecule has 2 heterocycles. The lowest BCUT2D eigenvalue weighted by molar-refractivity contribution is -0.124. The van der Waals surface area contributed by atoms with E-state index in [2.05, 4.69) is 11.7 Å². The molecule has 0 saturated carbocycles. The third-order valence-corrected chi connectivity index (χ3v) is 2.82. The van der Waals surface area contributed by atoms with Gasteiger partial charge in [0.05, 0.1) is 5.54 Å². The highest BCUT2D eigenvalue weighted by molar-refractivity contribution is 5.85. The third kappa shape index (κ3) is 0.948. The molecule has 1 amide bonds. The number of hydrogen-bond acceptors (Lipinski definition) is 2. The lowest BCUT2D eigenvalue weighted by Gasteiger charge is -2.31. The van der Waals surface area contributed by atoms with E-state index >= 15 is 0 Å². The maximum absolute atomic E-state index is 11.1. The molecule has 2 fully saturated rings. The molecule has 0 aliphatic carbocycles. The van der Waals surface area contributed by atoms with Crippen LogP contribution in [0.15, 0.2) is 0 Å². The van der Waals surface area contributed by atoms with Crippen LogP contribution in [0.5, 0.6) is 0 Å². The monoisotopic (exact) mass is 153 g/mol. The molecule has 2 bridgehead atoms. The molecule has 0 aromatic rings. The normalized spacial score (nSPS) is 42.4. The van der Waals surface area contributed by atoms with Crippen LogP contribution in [0.1, 0.15) is 25.7 Å². The minimum absolute atomic E-state index is 0.184. The molecule has 2 aliphatic rings. The smallest absolute Gasteiger partial charge is 0.237 e. The standard InChI is InChI=1S/C8H13N2O/c9-7(11)8-4-1-2-6(10-8)3-5-8/h1,6,10H,2-5H2,(H2,9,11)/t6-,8+/m1/s1.